The highest BCUT2D eigenvalue weighted by Crippen LogP contribution is 2.18. The van der Waals surface area contributed by atoms with Crippen molar-refractivity contribution in [2.24, 2.45) is 0 Å². The lowest BCUT2D eigenvalue weighted by molar-refractivity contribution is 0.101. The van der Waals surface area contributed by atoms with Crippen LogP contribution in [0.5, 0.6) is 0 Å². The molecule has 2 rings (SSSR count). The largest absolute Gasteiger partial charge is 0.398 e. The van der Waals surface area contributed by atoms with E-state index in [1.54, 1.807) is 23.0 Å². The van der Waals surface area contributed by atoms with Gasteiger partial charge in [0.15, 0.2) is 5.78 Å². The van der Waals surface area contributed by atoms with Crippen LogP contribution in [0.3, 0.4) is 0 Å². The summed E-state index contributed by atoms with van der Waals surface area (Å²) in [5.41, 5.74) is 7.81. The molecule has 1 aromatic heterocycles. The number of ketones is 1. The summed E-state index contributed by atoms with van der Waals surface area (Å²) < 4.78 is 1.79. The highest BCUT2D eigenvalue weighted by Gasteiger charge is 2.04. The molecule has 1 aromatic carbocycles. The van der Waals surface area contributed by atoms with E-state index in [0.717, 1.165) is 25.2 Å². The van der Waals surface area contributed by atoms with Gasteiger partial charge >= 0.3 is 0 Å². The van der Waals surface area contributed by atoms with E-state index in [1.165, 1.54) is 6.92 Å². The Morgan fingerprint density at radius 2 is 2.32 bits per heavy atom. The Labute approximate surface area is 111 Å². The quantitative estimate of drug-likeness (QED) is 0.467. The summed E-state index contributed by atoms with van der Waals surface area (Å²) in [6.45, 7) is 3.13. The molecule has 1 heterocycles. The number of carbonyl (C=O) groups is 1. The Hall–Kier alpha value is -2.37. The van der Waals surface area contributed by atoms with Gasteiger partial charge in [0.2, 0.25) is 0 Å². The van der Waals surface area contributed by atoms with Gasteiger partial charge in [0, 0.05) is 36.2 Å². The summed E-state index contributed by atoms with van der Waals surface area (Å²) in [6.07, 6.45) is 4.42. The van der Waals surface area contributed by atoms with Gasteiger partial charge < -0.3 is 11.1 Å². The number of nitrogens with one attached hydrogen (secondary N) is 1. The second-order valence-corrected chi connectivity index (χ2v) is 4.30. The second kappa shape index (κ2) is 5.99. The van der Waals surface area contributed by atoms with Crippen LogP contribution < -0.4 is 11.1 Å². The van der Waals surface area contributed by atoms with Crippen molar-refractivity contribution in [1.82, 2.24) is 15.0 Å². The first-order valence-corrected chi connectivity index (χ1v) is 6.15. The molecule has 0 atom stereocenters. The van der Waals surface area contributed by atoms with E-state index in [9.17, 15) is 4.79 Å². The lowest BCUT2D eigenvalue weighted by atomic mass is 10.1. The molecule has 2 aromatic rings. The van der Waals surface area contributed by atoms with E-state index in [-0.39, 0.29) is 5.78 Å². The molecule has 0 aliphatic carbocycles. The Balaban J connectivity index is 1.83. The number of hydrogen-bond acceptors (Lipinski definition) is 5. The number of aryl methyl sites for hydroxylation is 1. The fourth-order valence-electron chi connectivity index (χ4n) is 1.82. The van der Waals surface area contributed by atoms with Crippen LogP contribution in [0.25, 0.3) is 0 Å². The lowest BCUT2D eigenvalue weighted by Gasteiger charge is -2.09. The minimum Gasteiger partial charge on any atom is -0.398 e. The zero-order valence-electron chi connectivity index (χ0n) is 10.8. The average Bonchev–Trinajstić information content (AvgIpc) is 2.87. The number of benzene rings is 1. The fourth-order valence-corrected chi connectivity index (χ4v) is 1.82. The summed E-state index contributed by atoms with van der Waals surface area (Å²) >= 11 is 0. The monoisotopic (exact) mass is 259 g/mol. The molecule has 0 saturated heterocycles. The zero-order valence-corrected chi connectivity index (χ0v) is 10.8. The maximum absolute atomic E-state index is 11.3. The van der Waals surface area contributed by atoms with Crippen LogP contribution in [0.1, 0.15) is 23.7 Å². The molecular weight excluding hydrogens is 242 g/mol. The molecule has 0 bridgehead atoms. The average molecular weight is 259 g/mol. The number of carbonyl (C=O) groups excluding carboxylic acids is 1. The summed E-state index contributed by atoms with van der Waals surface area (Å²) in [4.78, 5) is 11.3. The van der Waals surface area contributed by atoms with Crippen LogP contribution in [0, 0.1) is 0 Å². The number of nitrogen functional groups attached to an aromatic ring is 1. The van der Waals surface area contributed by atoms with Crippen molar-refractivity contribution in [3.63, 3.8) is 0 Å². The van der Waals surface area contributed by atoms with Gasteiger partial charge in [0.1, 0.15) is 0 Å². The molecule has 6 heteroatoms. The molecule has 100 valence electrons. The molecule has 6 nitrogen and oxygen atoms in total. The molecule has 0 fully saturated rings. The van der Waals surface area contributed by atoms with Crippen molar-refractivity contribution in [2.45, 2.75) is 19.9 Å². The second-order valence-electron chi connectivity index (χ2n) is 4.30. The molecule has 0 radical (unpaired) electrons. The maximum atomic E-state index is 11.3. The molecule has 19 heavy (non-hydrogen) atoms. The predicted octanol–water partition coefficient (Wildman–Crippen LogP) is 1.57. The van der Waals surface area contributed by atoms with Crippen LogP contribution in [-0.2, 0) is 6.54 Å². The molecule has 0 saturated carbocycles. The third kappa shape index (κ3) is 3.54. The number of nitrogens with two attached hydrogens (primary N) is 1. The molecule has 3 N–H and O–H groups in total. The van der Waals surface area contributed by atoms with E-state index < -0.39 is 0 Å². The zero-order chi connectivity index (χ0) is 13.7. The Morgan fingerprint density at radius 3 is 2.95 bits per heavy atom. The van der Waals surface area contributed by atoms with Crippen LogP contribution in [0.2, 0.25) is 0 Å². The number of aromatic nitrogens is 3. The topological polar surface area (TPSA) is 85.8 Å². The van der Waals surface area contributed by atoms with E-state index in [2.05, 4.69) is 15.6 Å². The Kier molecular flexibility index (Phi) is 4.12. The van der Waals surface area contributed by atoms with Gasteiger partial charge in [-0.15, -0.1) is 5.10 Å². The van der Waals surface area contributed by atoms with E-state index >= 15 is 0 Å². The van der Waals surface area contributed by atoms with Crippen molar-refractivity contribution < 1.29 is 4.79 Å². The number of rotatable bonds is 6. The number of Topliss-reactive ketones (excluding diaryl/α,β-unsaturated/α-hetero) is 1. The van der Waals surface area contributed by atoms with Crippen LogP contribution in [0.15, 0.2) is 30.6 Å². The molecule has 0 unspecified atom stereocenters. The van der Waals surface area contributed by atoms with Gasteiger partial charge in [-0.25, -0.2) is 0 Å². The van der Waals surface area contributed by atoms with E-state index in [0.29, 0.717) is 11.3 Å². The first-order chi connectivity index (χ1) is 9.16. The SMILES string of the molecule is CC(=O)c1ccc(NCCCn2ccnn2)cc1N. The smallest absolute Gasteiger partial charge is 0.161 e. The van der Waals surface area contributed by atoms with Crippen molar-refractivity contribution in [3.05, 3.63) is 36.2 Å². The van der Waals surface area contributed by atoms with Crippen molar-refractivity contribution in [1.29, 1.82) is 0 Å². The molecule has 0 aliphatic rings. The Bertz CT molecular complexity index is 550. The normalized spacial score (nSPS) is 10.4. The summed E-state index contributed by atoms with van der Waals surface area (Å²) in [5, 5.41) is 10.9. The number of nitrogens with zero attached hydrogens (tertiary/aromatic N) is 3. The Morgan fingerprint density at radius 1 is 1.47 bits per heavy atom. The van der Waals surface area contributed by atoms with Gasteiger partial charge in [0.05, 0.1) is 6.20 Å². The molecular formula is C13H17N5O. The fraction of sp³-hybridized carbons (Fsp3) is 0.308. The van der Waals surface area contributed by atoms with Gasteiger partial charge in [-0.3, -0.25) is 9.48 Å². The molecule has 0 spiro atoms. The summed E-state index contributed by atoms with van der Waals surface area (Å²) in [6, 6.07) is 5.40. The minimum atomic E-state index is -0.0183. The van der Waals surface area contributed by atoms with Gasteiger partial charge in [-0.05, 0) is 31.5 Å². The summed E-state index contributed by atoms with van der Waals surface area (Å²) in [7, 11) is 0. The van der Waals surface area contributed by atoms with Crippen LogP contribution >= 0.6 is 0 Å². The highest BCUT2D eigenvalue weighted by atomic mass is 16.1. The molecule has 0 aliphatic heterocycles. The predicted molar refractivity (Wildman–Crippen MR) is 74.0 cm³/mol. The van der Waals surface area contributed by atoms with Crippen LogP contribution in [-0.4, -0.2) is 27.3 Å². The van der Waals surface area contributed by atoms with Crippen molar-refractivity contribution in [2.75, 3.05) is 17.6 Å². The first kappa shape index (κ1) is 13.1. The van der Waals surface area contributed by atoms with Crippen molar-refractivity contribution in [3.8, 4) is 0 Å². The van der Waals surface area contributed by atoms with E-state index in [4.69, 9.17) is 5.73 Å². The standard InChI is InChI=1S/C13H17N5O/c1-10(19)12-4-3-11(9-13(12)14)15-5-2-7-18-8-6-16-17-18/h3-4,6,8-9,15H,2,5,7,14H2,1H3. The third-order valence-corrected chi connectivity index (χ3v) is 2.80. The van der Waals surface area contributed by atoms with E-state index in [1.807, 2.05) is 12.3 Å². The van der Waals surface area contributed by atoms with Gasteiger partial charge in [-0.1, -0.05) is 5.21 Å². The maximum Gasteiger partial charge on any atom is 0.161 e. The van der Waals surface area contributed by atoms with Gasteiger partial charge in [0.25, 0.3) is 0 Å². The summed E-state index contributed by atoms with van der Waals surface area (Å²) in [5.74, 6) is -0.0183. The first-order valence-electron chi connectivity index (χ1n) is 6.15. The third-order valence-electron chi connectivity index (χ3n) is 2.80. The van der Waals surface area contributed by atoms with Crippen LogP contribution in [0.4, 0.5) is 11.4 Å². The van der Waals surface area contributed by atoms with Gasteiger partial charge in [-0.2, -0.15) is 0 Å². The lowest BCUT2D eigenvalue weighted by Crippen LogP contribution is -2.08. The molecule has 0 amide bonds. The van der Waals surface area contributed by atoms with Crippen molar-refractivity contribution >= 4 is 17.2 Å². The highest BCUT2D eigenvalue weighted by molar-refractivity contribution is 5.99. The number of anilines is 2. The number of hydrogen-bond donors (Lipinski definition) is 2. The minimum absolute atomic E-state index is 0.0183.